The Morgan fingerprint density at radius 3 is 1.08 bits per heavy atom. The zero-order valence-electron chi connectivity index (χ0n) is 40.3. The van der Waals surface area contributed by atoms with Crippen LogP contribution in [0.4, 0.5) is 0 Å². The Morgan fingerprint density at radius 1 is 0.216 bits per heavy atom. The van der Waals surface area contributed by atoms with Gasteiger partial charge < -0.3 is 4.57 Å². The van der Waals surface area contributed by atoms with Crippen molar-refractivity contribution in [3.8, 4) is 89.8 Å². The fourth-order valence-electron chi connectivity index (χ4n) is 11.0. The predicted molar refractivity (Wildman–Crippen MR) is 309 cm³/mol. The normalized spacial score (nSPS) is 11.5. The fourth-order valence-corrected chi connectivity index (χ4v) is 11.0. The molecule has 74 heavy (non-hydrogen) atoms. The van der Waals surface area contributed by atoms with Gasteiger partial charge in [0.2, 0.25) is 0 Å². The van der Waals surface area contributed by atoms with E-state index in [1.807, 2.05) is 24.3 Å². The minimum Gasteiger partial charge on any atom is -0.309 e. The van der Waals surface area contributed by atoms with Crippen LogP contribution in [0.15, 0.2) is 279 Å². The summed E-state index contributed by atoms with van der Waals surface area (Å²) in [7, 11) is 0. The second-order valence-electron chi connectivity index (χ2n) is 19.0. The highest BCUT2D eigenvalue weighted by Crippen LogP contribution is 2.42. The highest BCUT2D eigenvalue weighted by Gasteiger charge is 2.20. The minimum atomic E-state index is 0.793. The Bertz CT molecular complexity index is 4260. The van der Waals surface area contributed by atoms with Crippen molar-refractivity contribution in [2.24, 2.45) is 0 Å². The number of hydrogen-bond donors (Lipinski definition) is 0. The number of para-hydroxylation sites is 1. The first-order chi connectivity index (χ1) is 36.7. The Hall–Kier alpha value is -9.90. The average Bonchev–Trinajstić information content (AvgIpc) is 4.07. The van der Waals surface area contributed by atoms with E-state index in [2.05, 4.69) is 264 Å². The van der Waals surface area contributed by atoms with Crippen LogP contribution in [0.5, 0.6) is 0 Å². The molecular formula is C70H46N4. The van der Waals surface area contributed by atoms with Crippen LogP contribution in [0.3, 0.4) is 0 Å². The van der Waals surface area contributed by atoms with Crippen molar-refractivity contribution in [1.29, 1.82) is 0 Å². The molecule has 14 aromatic rings. The molecular weight excluding hydrogens is 897 g/mol. The fraction of sp³-hybridized carbons (Fsp3) is 0. The van der Waals surface area contributed by atoms with Crippen molar-refractivity contribution >= 4 is 43.4 Å². The van der Waals surface area contributed by atoms with E-state index in [-0.39, 0.29) is 0 Å². The quantitative estimate of drug-likeness (QED) is 0.145. The summed E-state index contributed by atoms with van der Waals surface area (Å²) >= 11 is 0. The summed E-state index contributed by atoms with van der Waals surface area (Å²) in [4.78, 5) is 0. The lowest BCUT2D eigenvalue weighted by molar-refractivity contribution is 1.07. The van der Waals surface area contributed by atoms with Crippen LogP contribution in [-0.4, -0.2) is 19.3 Å². The minimum absolute atomic E-state index is 0.793. The molecule has 4 nitrogen and oxygen atoms in total. The molecule has 346 valence electrons. The van der Waals surface area contributed by atoms with Crippen LogP contribution in [0.2, 0.25) is 0 Å². The molecule has 0 atom stereocenters. The summed E-state index contributed by atoms with van der Waals surface area (Å²) in [5.41, 5.74) is 18.3. The maximum atomic E-state index is 4.76. The van der Waals surface area contributed by atoms with Gasteiger partial charge in [-0.1, -0.05) is 218 Å². The van der Waals surface area contributed by atoms with Crippen molar-refractivity contribution in [3.05, 3.63) is 279 Å². The molecule has 0 fully saturated rings. The molecule has 4 heteroatoms. The van der Waals surface area contributed by atoms with Gasteiger partial charge in [-0.3, -0.25) is 4.57 Å². The zero-order chi connectivity index (χ0) is 49.0. The molecule has 0 amide bonds. The summed E-state index contributed by atoms with van der Waals surface area (Å²) in [5.74, 6) is 1.60. The number of fused-ring (bicyclic) bond motifs is 5. The van der Waals surface area contributed by atoms with Crippen molar-refractivity contribution < 1.29 is 0 Å². The summed E-state index contributed by atoms with van der Waals surface area (Å²) in [5, 5.41) is 16.9. The van der Waals surface area contributed by atoms with Crippen molar-refractivity contribution in [3.63, 3.8) is 0 Å². The van der Waals surface area contributed by atoms with Crippen molar-refractivity contribution in [1.82, 2.24) is 19.3 Å². The predicted octanol–water partition coefficient (Wildman–Crippen LogP) is 18.3. The van der Waals surface area contributed by atoms with E-state index in [0.29, 0.717) is 0 Å². The molecule has 0 bridgehead atoms. The number of benzene rings is 12. The average molecular weight is 943 g/mol. The second kappa shape index (κ2) is 18.1. The maximum Gasteiger partial charge on any atom is 0.168 e. The van der Waals surface area contributed by atoms with Gasteiger partial charge in [-0.15, -0.1) is 10.2 Å². The molecule has 14 rings (SSSR count). The summed E-state index contributed by atoms with van der Waals surface area (Å²) < 4.78 is 4.58. The number of hydrogen-bond acceptors (Lipinski definition) is 2. The molecule has 12 aromatic carbocycles. The van der Waals surface area contributed by atoms with E-state index in [1.165, 1.54) is 82.3 Å². The summed E-state index contributed by atoms with van der Waals surface area (Å²) in [6, 6.07) is 101. The van der Waals surface area contributed by atoms with Crippen LogP contribution in [0, 0.1) is 0 Å². The van der Waals surface area contributed by atoms with Crippen molar-refractivity contribution in [2.75, 3.05) is 0 Å². The van der Waals surface area contributed by atoms with Gasteiger partial charge in [0.25, 0.3) is 0 Å². The smallest absolute Gasteiger partial charge is 0.168 e. The first-order valence-corrected chi connectivity index (χ1v) is 25.2. The van der Waals surface area contributed by atoms with Crippen LogP contribution < -0.4 is 0 Å². The lowest BCUT2D eigenvalue weighted by atomic mass is 9.89. The molecule has 0 saturated carbocycles. The molecule has 0 N–H and O–H groups in total. The van der Waals surface area contributed by atoms with E-state index in [9.17, 15) is 0 Å². The third kappa shape index (κ3) is 7.56. The molecule has 0 aliphatic rings. The zero-order valence-corrected chi connectivity index (χ0v) is 40.3. The van der Waals surface area contributed by atoms with Gasteiger partial charge in [0.05, 0.1) is 11.0 Å². The number of rotatable bonds is 9. The van der Waals surface area contributed by atoms with E-state index in [0.717, 1.165) is 50.8 Å². The Balaban J connectivity index is 0.833. The molecule has 0 saturated heterocycles. The first-order valence-electron chi connectivity index (χ1n) is 25.2. The molecule has 0 spiro atoms. The van der Waals surface area contributed by atoms with Crippen LogP contribution in [0.1, 0.15) is 0 Å². The molecule has 2 aromatic heterocycles. The van der Waals surface area contributed by atoms with Gasteiger partial charge >= 0.3 is 0 Å². The van der Waals surface area contributed by atoms with Crippen LogP contribution in [0.25, 0.3) is 133 Å². The van der Waals surface area contributed by atoms with E-state index in [1.54, 1.807) is 0 Å². The summed E-state index contributed by atoms with van der Waals surface area (Å²) in [6.07, 6.45) is 0. The van der Waals surface area contributed by atoms with Crippen LogP contribution >= 0.6 is 0 Å². The van der Waals surface area contributed by atoms with Gasteiger partial charge in [-0.25, -0.2) is 0 Å². The van der Waals surface area contributed by atoms with E-state index < -0.39 is 0 Å². The molecule has 0 unspecified atom stereocenters. The Labute approximate surface area is 429 Å². The van der Waals surface area contributed by atoms with E-state index >= 15 is 0 Å². The van der Waals surface area contributed by atoms with Gasteiger partial charge in [0.1, 0.15) is 0 Å². The lowest BCUT2D eigenvalue weighted by Gasteiger charge is -2.16. The van der Waals surface area contributed by atoms with Gasteiger partial charge in [0.15, 0.2) is 11.6 Å². The third-order valence-electron chi connectivity index (χ3n) is 14.7. The largest absolute Gasteiger partial charge is 0.309 e. The van der Waals surface area contributed by atoms with Gasteiger partial charge in [-0.05, 0) is 138 Å². The number of aromatic nitrogens is 4. The Kier molecular flexibility index (Phi) is 10.5. The van der Waals surface area contributed by atoms with Crippen LogP contribution in [-0.2, 0) is 0 Å². The topological polar surface area (TPSA) is 35.6 Å². The van der Waals surface area contributed by atoms with Gasteiger partial charge in [-0.2, -0.15) is 0 Å². The monoisotopic (exact) mass is 942 g/mol. The maximum absolute atomic E-state index is 4.76. The number of nitrogens with zero attached hydrogens (tertiary/aromatic N) is 4. The highest BCUT2D eigenvalue weighted by molar-refractivity contribution is 6.12. The van der Waals surface area contributed by atoms with E-state index in [4.69, 9.17) is 10.2 Å². The molecule has 0 radical (unpaired) electrons. The standard InChI is InChI=1S/C70H46N4/c1-3-17-51(18-4-1)69-71-72-70(74(69)59-21-5-2-6-22-59)52-31-29-49(30-32-52)61-23-11-13-25-63(61)64-26-14-12-24-62(64)50-35-39-60(40-36-50)73-67-41-37-57(55-33-27-47-15-7-9-19-53(47)43-55)45-65(67)66-46-58(38-42-68(66)73)56-34-28-48-16-8-10-20-54(48)44-56/h1-46H. The summed E-state index contributed by atoms with van der Waals surface area (Å²) in [6.45, 7) is 0. The molecule has 2 heterocycles. The third-order valence-corrected chi connectivity index (χ3v) is 14.7. The first kappa shape index (κ1) is 42.9. The van der Waals surface area contributed by atoms with Gasteiger partial charge in [0, 0.05) is 33.3 Å². The second-order valence-corrected chi connectivity index (χ2v) is 19.0. The SMILES string of the molecule is c1ccc(-c2nnc(-c3ccc(-c4ccccc4-c4ccccc4-c4ccc(-n5c6ccc(-c7ccc8ccccc8c7)cc6c6cc(-c7ccc8ccccc8c7)ccc65)cc4)cc3)n2-c2ccccc2)cc1. The Morgan fingerprint density at radius 2 is 0.568 bits per heavy atom. The van der Waals surface area contributed by atoms with Crippen molar-refractivity contribution in [2.45, 2.75) is 0 Å². The highest BCUT2D eigenvalue weighted by atomic mass is 15.3. The molecule has 0 aliphatic carbocycles. The molecule has 0 aliphatic heterocycles. The lowest BCUT2D eigenvalue weighted by Crippen LogP contribution is -2.00.